The van der Waals surface area contributed by atoms with Gasteiger partial charge >= 0.3 is 0 Å². The van der Waals surface area contributed by atoms with E-state index in [4.69, 9.17) is 4.74 Å². The van der Waals surface area contributed by atoms with Crippen LogP contribution in [0, 0.1) is 0 Å². The van der Waals surface area contributed by atoms with Gasteiger partial charge in [0.05, 0.1) is 6.61 Å². The number of allylic oxidation sites excluding steroid dienone is 1. The molecule has 2 heteroatoms. The Balaban J connectivity index is 2.73. The fourth-order valence-electron chi connectivity index (χ4n) is 1.06. The Bertz CT molecular complexity index is 281. The maximum absolute atomic E-state index is 5.38. The quantitative estimate of drug-likeness (QED) is 0.733. The van der Waals surface area contributed by atoms with Crippen LogP contribution in [0.1, 0.15) is 12.5 Å². The van der Waals surface area contributed by atoms with Gasteiger partial charge in [-0.05, 0) is 24.6 Å². The van der Waals surface area contributed by atoms with Gasteiger partial charge in [0.1, 0.15) is 5.75 Å². The van der Waals surface area contributed by atoms with Crippen molar-refractivity contribution in [3.05, 3.63) is 35.9 Å². The molecule has 0 saturated carbocycles. The molecule has 0 fully saturated rings. The molecule has 0 amide bonds. The van der Waals surface area contributed by atoms with Crippen molar-refractivity contribution in [2.45, 2.75) is 6.92 Å². The van der Waals surface area contributed by atoms with Crippen LogP contribution in [-0.2, 0) is 0 Å². The Labute approximate surface area is 87.5 Å². The maximum atomic E-state index is 5.38. The Hall–Kier alpha value is -0.760. The van der Waals surface area contributed by atoms with Gasteiger partial charge in [-0.1, -0.05) is 40.2 Å². The topological polar surface area (TPSA) is 9.23 Å². The third kappa shape index (κ3) is 3.64. The van der Waals surface area contributed by atoms with Crippen LogP contribution >= 0.6 is 15.9 Å². The molecule has 13 heavy (non-hydrogen) atoms. The second-order valence-corrected chi connectivity index (χ2v) is 3.21. The highest BCUT2D eigenvalue weighted by Crippen LogP contribution is 2.14. The monoisotopic (exact) mass is 240 g/mol. The van der Waals surface area contributed by atoms with Crippen molar-refractivity contribution < 1.29 is 4.74 Å². The zero-order chi connectivity index (χ0) is 9.52. The van der Waals surface area contributed by atoms with E-state index in [1.807, 2.05) is 25.1 Å². The minimum atomic E-state index is 0.714. The number of hydrogen-bond donors (Lipinski definition) is 0. The first-order valence-electron chi connectivity index (χ1n) is 4.32. The molecule has 1 rings (SSSR count). The SMILES string of the molecule is CCOc1cccc(C=CCBr)c1. The Morgan fingerprint density at radius 3 is 3.00 bits per heavy atom. The van der Waals surface area contributed by atoms with Crippen molar-refractivity contribution in [3.8, 4) is 5.75 Å². The normalized spacial score (nSPS) is 10.6. The first kappa shape index (κ1) is 10.3. The van der Waals surface area contributed by atoms with Crippen molar-refractivity contribution in [1.29, 1.82) is 0 Å². The molecule has 0 aliphatic rings. The van der Waals surface area contributed by atoms with Crippen molar-refractivity contribution in [1.82, 2.24) is 0 Å². The van der Waals surface area contributed by atoms with Crippen molar-refractivity contribution in [2.24, 2.45) is 0 Å². The lowest BCUT2D eigenvalue weighted by atomic mass is 10.2. The van der Waals surface area contributed by atoms with Gasteiger partial charge in [0.25, 0.3) is 0 Å². The summed E-state index contributed by atoms with van der Waals surface area (Å²) in [5.74, 6) is 0.930. The van der Waals surface area contributed by atoms with E-state index in [1.54, 1.807) is 0 Å². The number of ether oxygens (including phenoxy) is 1. The van der Waals surface area contributed by atoms with Crippen LogP contribution in [0.25, 0.3) is 6.08 Å². The number of halogens is 1. The molecule has 0 saturated heterocycles. The molecule has 1 aromatic carbocycles. The zero-order valence-corrected chi connectivity index (χ0v) is 9.25. The van der Waals surface area contributed by atoms with Gasteiger partial charge in [0, 0.05) is 5.33 Å². The predicted octanol–water partition coefficient (Wildman–Crippen LogP) is 3.49. The highest BCUT2D eigenvalue weighted by molar-refractivity contribution is 9.09. The van der Waals surface area contributed by atoms with Crippen molar-refractivity contribution >= 4 is 22.0 Å². The number of rotatable bonds is 4. The lowest BCUT2D eigenvalue weighted by Crippen LogP contribution is -1.90. The van der Waals surface area contributed by atoms with Gasteiger partial charge in [0.15, 0.2) is 0 Å². The molecule has 0 aromatic heterocycles. The van der Waals surface area contributed by atoms with Crippen LogP contribution in [0.4, 0.5) is 0 Å². The summed E-state index contributed by atoms with van der Waals surface area (Å²) in [6, 6.07) is 8.05. The summed E-state index contributed by atoms with van der Waals surface area (Å²) in [6.45, 7) is 2.70. The van der Waals surface area contributed by atoms with E-state index in [9.17, 15) is 0 Å². The first-order chi connectivity index (χ1) is 6.36. The molecule has 0 aliphatic heterocycles. The minimum absolute atomic E-state index is 0.714. The lowest BCUT2D eigenvalue weighted by molar-refractivity contribution is 0.340. The summed E-state index contributed by atoms with van der Waals surface area (Å²) in [5, 5.41) is 0.881. The van der Waals surface area contributed by atoms with E-state index in [0.717, 1.165) is 11.1 Å². The van der Waals surface area contributed by atoms with E-state index in [1.165, 1.54) is 5.56 Å². The molecular weight excluding hydrogens is 228 g/mol. The molecule has 0 spiro atoms. The van der Waals surface area contributed by atoms with Gasteiger partial charge in [-0.3, -0.25) is 0 Å². The Morgan fingerprint density at radius 1 is 1.46 bits per heavy atom. The van der Waals surface area contributed by atoms with Gasteiger partial charge < -0.3 is 4.74 Å². The molecule has 0 heterocycles. The number of hydrogen-bond acceptors (Lipinski definition) is 1. The van der Waals surface area contributed by atoms with Gasteiger partial charge in [-0.15, -0.1) is 0 Å². The number of benzene rings is 1. The fraction of sp³-hybridized carbons (Fsp3) is 0.273. The molecule has 0 N–H and O–H groups in total. The highest BCUT2D eigenvalue weighted by Gasteiger charge is 1.91. The molecule has 0 bridgehead atoms. The minimum Gasteiger partial charge on any atom is -0.494 e. The van der Waals surface area contributed by atoms with Crippen LogP contribution in [0.2, 0.25) is 0 Å². The molecule has 0 unspecified atom stereocenters. The Morgan fingerprint density at radius 2 is 2.31 bits per heavy atom. The van der Waals surface area contributed by atoms with E-state index in [2.05, 4.69) is 34.1 Å². The van der Waals surface area contributed by atoms with Gasteiger partial charge in [-0.2, -0.15) is 0 Å². The van der Waals surface area contributed by atoms with Gasteiger partial charge in [0.2, 0.25) is 0 Å². The summed E-state index contributed by atoms with van der Waals surface area (Å²) in [4.78, 5) is 0. The van der Waals surface area contributed by atoms with Gasteiger partial charge in [-0.25, -0.2) is 0 Å². The fourth-order valence-corrected chi connectivity index (χ4v) is 1.24. The molecule has 0 radical (unpaired) electrons. The average Bonchev–Trinajstić information content (AvgIpc) is 2.16. The van der Waals surface area contributed by atoms with E-state index in [-0.39, 0.29) is 0 Å². The molecule has 0 aliphatic carbocycles. The lowest BCUT2D eigenvalue weighted by Gasteiger charge is -2.02. The van der Waals surface area contributed by atoms with E-state index in [0.29, 0.717) is 6.61 Å². The zero-order valence-electron chi connectivity index (χ0n) is 7.66. The van der Waals surface area contributed by atoms with Crippen LogP contribution in [0.5, 0.6) is 5.75 Å². The first-order valence-corrected chi connectivity index (χ1v) is 5.44. The third-order valence-corrected chi connectivity index (χ3v) is 1.94. The summed E-state index contributed by atoms with van der Waals surface area (Å²) in [5.41, 5.74) is 1.17. The number of alkyl halides is 1. The average molecular weight is 241 g/mol. The van der Waals surface area contributed by atoms with Crippen LogP contribution in [0.3, 0.4) is 0 Å². The predicted molar refractivity (Wildman–Crippen MR) is 60.4 cm³/mol. The second kappa shape index (κ2) is 5.81. The summed E-state index contributed by atoms with van der Waals surface area (Å²) in [7, 11) is 0. The third-order valence-electron chi connectivity index (χ3n) is 1.57. The molecule has 1 aromatic rings. The highest BCUT2D eigenvalue weighted by atomic mass is 79.9. The van der Waals surface area contributed by atoms with Crippen LogP contribution < -0.4 is 4.74 Å². The standard InChI is InChI=1S/C11H13BrO/c1-2-13-11-7-3-5-10(9-11)6-4-8-12/h3-7,9H,2,8H2,1H3. The van der Waals surface area contributed by atoms with Crippen LogP contribution in [-0.4, -0.2) is 11.9 Å². The van der Waals surface area contributed by atoms with Crippen molar-refractivity contribution in [3.63, 3.8) is 0 Å². The molecule has 70 valence electrons. The largest absolute Gasteiger partial charge is 0.494 e. The summed E-state index contributed by atoms with van der Waals surface area (Å²) >= 11 is 3.34. The smallest absolute Gasteiger partial charge is 0.119 e. The molecule has 0 atom stereocenters. The van der Waals surface area contributed by atoms with E-state index < -0.39 is 0 Å². The van der Waals surface area contributed by atoms with Crippen molar-refractivity contribution in [2.75, 3.05) is 11.9 Å². The maximum Gasteiger partial charge on any atom is 0.119 e. The summed E-state index contributed by atoms with van der Waals surface area (Å²) in [6.07, 6.45) is 4.13. The molecular formula is C11H13BrO. The summed E-state index contributed by atoms with van der Waals surface area (Å²) < 4.78 is 5.38. The van der Waals surface area contributed by atoms with Crippen LogP contribution in [0.15, 0.2) is 30.3 Å². The van der Waals surface area contributed by atoms with E-state index >= 15 is 0 Å². The second-order valence-electron chi connectivity index (χ2n) is 2.56. The Kier molecular flexibility index (Phi) is 4.61. The molecule has 1 nitrogen and oxygen atoms in total.